The van der Waals surface area contributed by atoms with E-state index in [1.165, 1.54) is 28.5 Å². The van der Waals surface area contributed by atoms with Gasteiger partial charge in [0.05, 0.1) is 18.8 Å². The van der Waals surface area contributed by atoms with Crippen molar-refractivity contribution >= 4 is 42.2 Å². The number of carbonyl (C=O) groups is 2. The smallest absolute Gasteiger partial charge is 0.421 e. The summed E-state index contributed by atoms with van der Waals surface area (Å²) in [6.45, 7) is 2.37. The first-order chi connectivity index (χ1) is 14.2. The zero-order chi connectivity index (χ0) is 22.2. The second-order valence-corrected chi connectivity index (χ2v) is 7.29. The fourth-order valence-electron chi connectivity index (χ4n) is 3.14. The van der Waals surface area contributed by atoms with Crippen LogP contribution in [0.15, 0.2) is 9.90 Å². The number of urea groups is 1. The molecular weight excluding hydrogens is 412 g/mol. The average molecular weight is 434 g/mol. The van der Waals surface area contributed by atoms with Gasteiger partial charge in [-0.2, -0.15) is 5.43 Å². The summed E-state index contributed by atoms with van der Waals surface area (Å²) in [7, 11) is 4.53. The van der Waals surface area contributed by atoms with Crippen molar-refractivity contribution in [1.29, 1.82) is 0 Å². The van der Waals surface area contributed by atoms with Crippen LogP contribution in [0.25, 0.3) is 0 Å². The van der Waals surface area contributed by atoms with E-state index in [-0.39, 0.29) is 22.1 Å². The van der Waals surface area contributed by atoms with Crippen LogP contribution in [0.1, 0.15) is 25.3 Å². The van der Waals surface area contributed by atoms with E-state index in [0.29, 0.717) is 6.54 Å². The number of nitrogens with one attached hydrogen (secondary N) is 2. The standard InChI is InChI=1S/C17H22N8O4S/c1-5-6-7-25-13(27)9(12(26)20-16(25)30)8-18-21-15-19-11-10(22(15)2)14(28)24(4)17(29)23(11)3/h8,10H,5-7H2,1-4H3,(H2,18,20,26,27,30). The summed E-state index contributed by atoms with van der Waals surface area (Å²) >= 11 is 5.07. The molecule has 1 atom stereocenters. The third-order valence-electron chi connectivity index (χ3n) is 4.95. The number of amidine groups is 1. The Balaban J connectivity index is 1.87. The van der Waals surface area contributed by atoms with E-state index < -0.39 is 29.4 Å². The minimum atomic E-state index is -0.774. The molecule has 3 heterocycles. The van der Waals surface area contributed by atoms with Gasteiger partial charge >= 0.3 is 17.8 Å². The van der Waals surface area contributed by atoms with Gasteiger partial charge in [-0.05, 0) is 24.5 Å². The van der Waals surface area contributed by atoms with Crippen LogP contribution in [-0.4, -0.2) is 81.4 Å². The van der Waals surface area contributed by atoms with Gasteiger partial charge in [-0.25, -0.2) is 19.3 Å². The van der Waals surface area contributed by atoms with Gasteiger partial charge in [-0.1, -0.05) is 13.3 Å². The number of hydrogen-bond donors (Lipinski definition) is 2. The lowest BCUT2D eigenvalue weighted by molar-refractivity contribution is -0.280. The number of fused-ring (bicyclic) bond motifs is 1. The van der Waals surface area contributed by atoms with Crippen LogP contribution < -0.4 is 20.8 Å². The number of guanidine groups is 1. The molecule has 3 amide bonds. The Labute approximate surface area is 176 Å². The predicted molar refractivity (Wildman–Crippen MR) is 111 cm³/mol. The van der Waals surface area contributed by atoms with Crippen LogP contribution in [0.3, 0.4) is 0 Å². The van der Waals surface area contributed by atoms with Crippen LogP contribution in [0.4, 0.5) is 4.79 Å². The highest BCUT2D eigenvalue weighted by atomic mass is 32.1. The lowest BCUT2D eigenvalue weighted by Crippen LogP contribution is -2.63. The summed E-state index contributed by atoms with van der Waals surface area (Å²) in [5.41, 5.74) is 1.81. The SMILES string of the molecule is CCCCn1c([O-])c(/C=N/NC2=[N+]=C3C(C(=O)N(C)C(=O)N3C)N2C)c(=O)[nH]c1=S. The normalized spacial score (nSPS) is 18.8. The Morgan fingerprint density at radius 3 is 2.63 bits per heavy atom. The van der Waals surface area contributed by atoms with E-state index in [2.05, 4.69) is 20.2 Å². The molecule has 0 spiro atoms. The van der Waals surface area contributed by atoms with Gasteiger partial charge in [-0.15, -0.1) is 5.10 Å². The Morgan fingerprint density at radius 1 is 1.27 bits per heavy atom. The Bertz CT molecular complexity index is 1110. The van der Waals surface area contributed by atoms with Crippen molar-refractivity contribution in [2.45, 2.75) is 32.4 Å². The fraction of sp³-hybridized carbons (Fsp3) is 0.471. The molecule has 12 nitrogen and oxygen atoms in total. The van der Waals surface area contributed by atoms with Crippen molar-refractivity contribution in [2.24, 2.45) is 5.10 Å². The number of amides is 3. The third-order valence-corrected chi connectivity index (χ3v) is 5.27. The molecule has 2 aliphatic heterocycles. The van der Waals surface area contributed by atoms with E-state index in [0.717, 1.165) is 24.0 Å². The van der Waals surface area contributed by atoms with Gasteiger partial charge in [0, 0.05) is 20.6 Å². The average Bonchev–Trinajstić information content (AvgIpc) is 3.03. The molecule has 13 heteroatoms. The van der Waals surface area contributed by atoms with E-state index >= 15 is 0 Å². The lowest BCUT2D eigenvalue weighted by Gasteiger charge is -2.30. The zero-order valence-corrected chi connectivity index (χ0v) is 17.8. The molecule has 3 rings (SSSR count). The molecule has 0 saturated carbocycles. The van der Waals surface area contributed by atoms with Crippen LogP contribution >= 0.6 is 12.2 Å². The summed E-state index contributed by atoms with van der Waals surface area (Å²) in [4.78, 5) is 43.0. The van der Waals surface area contributed by atoms with Gasteiger partial charge in [-0.3, -0.25) is 19.5 Å². The van der Waals surface area contributed by atoms with Crippen molar-refractivity contribution in [3.05, 3.63) is 20.7 Å². The number of hydrogen-bond acceptors (Lipinski definition) is 8. The second kappa shape index (κ2) is 8.13. The van der Waals surface area contributed by atoms with Crippen LogP contribution in [0.5, 0.6) is 5.88 Å². The van der Waals surface area contributed by atoms with Crippen LogP contribution in [-0.2, 0) is 11.3 Å². The molecule has 160 valence electrons. The molecule has 1 fully saturated rings. The first-order valence-electron chi connectivity index (χ1n) is 9.25. The topological polar surface area (TPSA) is 143 Å². The van der Waals surface area contributed by atoms with Crippen molar-refractivity contribution in [2.75, 3.05) is 21.1 Å². The molecule has 30 heavy (non-hydrogen) atoms. The molecule has 1 unspecified atom stereocenters. The maximum atomic E-state index is 12.6. The summed E-state index contributed by atoms with van der Waals surface area (Å²) < 4.78 is 5.65. The van der Waals surface area contributed by atoms with Crippen molar-refractivity contribution < 1.29 is 14.7 Å². The number of unbranched alkanes of at least 4 members (excludes halogenated alkanes) is 1. The molecule has 2 aliphatic rings. The molecule has 0 bridgehead atoms. The number of hydrazone groups is 1. The second-order valence-electron chi connectivity index (χ2n) is 6.90. The first kappa shape index (κ1) is 21.3. The highest BCUT2D eigenvalue weighted by Crippen LogP contribution is 2.16. The number of imide groups is 1. The number of carbonyl (C=O) groups excluding carboxylic acids is 2. The van der Waals surface area contributed by atoms with Gasteiger partial charge in [0.2, 0.25) is 6.04 Å². The number of aromatic amines is 1. The number of rotatable bonds is 5. The molecule has 1 aromatic heterocycles. The molecule has 1 saturated heterocycles. The molecule has 0 aromatic carbocycles. The minimum absolute atomic E-state index is 0.0688. The van der Waals surface area contributed by atoms with E-state index in [9.17, 15) is 19.5 Å². The first-order valence-corrected chi connectivity index (χ1v) is 9.66. The summed E-state index contributed by atoms with van der Waals surface area (Å²) in [6, 6.07) is -1.26. The molecular formula is C17H22N8O4S. The maximum Gasteiger partial charge on any atom is 0.421 e. The summed E-state index contributed by atoms with van der Waals surface area (Å²) in [5, 5.41) is 16.5. The largest absolute Gasteiger partial charge is 0.859 e. The maximum absolute atomic E-state index is 12.6. The van der Waals surface area contributed by atoms with Crippen molar-refractivity contribution in [3.63, 3.8) is 0 Å². The molecule has 0 aliphatic carbocycles. The number of nitrogens with zero attached hydrogens (tertiary/aromatic N) is 6. The molecule has 0 radical (unpaired) electrons. The zero-order valence-electron chi connectivity index (χ0n) is 17.0. The Kier molecular flexibility index (Phi) is 5.76. The monoisotopic (exact) mass is 434 g/mol. The Morgan fingerprint density at radius 2 is 1.97 bits per heavy atom. The highest BCUT2D eigenvalue weighted by molar-refractivity contribution is 7.71. The third kappa shape index (κ3) is 3.48. The quantitative estimate of drug-likeness (QED) is 0.245. The minimum Gasteiger partial charge on any atom is -0.859 e. The number of H-pyrrole nitrogens is 1. The van der Waals surface area contributed by atoms with Gasteiger partial charge < -0.3 is 9.67 Å². The lowest BCUT2D eigenvalue weighted by atomic mass is 10.1. The van der Waals surface area contributed by atoms with E-state index in [1.807, 2.05) is 6.92 Å². The summed E-state index contributed by atoms with van der Waals surface area (Å²) in [5.74, 6) is -0.498. The number of aromatic nitrogens is 2. The summed E-state index contributed by atoms with van der Waals surface area (Å²) in [6.07, 6.45) is 2.69. The van der Waals surface area contributed by atoms with Crippen LogP contribution in [0.2, 0.25) is 0 Å². The number of likely N-dealkylation sites (N-methyl/N-ethyl adjacent to an activating group) is 3. The molecule has 1 aromatic rings. The predicted octanol–water partition coefficient (Wildman–Crippen LogP) is -1.64. The van der Waals surface area contributed by atoms with E-state index in [1.54, 1.807) is 7.05 Å². The van der Waals surface area contributed by atoms with Crippen molar-refractivity contribution in [1.82, 2.24) is 34.3 Å². The Hall–Kier alpha value is -3.44. The highest BCUT2D eigenvalue weighted by Gasteiger charge is 2.53. The van der Waals surface area contributed by atoms with Crippen molar-refractivity contribution in [3.8, 4) is 5.88 Å². The van der Waals surface area contributed by atoms with Crippen LogP contribution in [0, 0.1) is 4.77 Å². The van der Waals surface area contributed by atoms with Gasteiger partial charge in [0.15, 0.2) is 4.77 Å². The van der Waals surface area contributed by atoms with E-state index in [4.69, 9.17) is 12.2 Å². The fourth-order valence-corrected chi connectivity index (χ4v) is 3.40. The van der Waals surface area contributed by atoms with Gasteiger partial charge in [0.25, 0.3) is 11.5 Å². The molecule has 2 N–H and O–H groups in total. The van der Waals surface area contributed by atoms with Gasteiger partial charge in [0.1, 0.15) is 0 Å².